The third kappa shape index (κ3) is 3.59. The third-order valence-corrected chi connectivity index (χ3v) is 3.63. The van der Waals surface area contributed by atoms with E-state index in [1.54, 1.807) is 6.07 Å². The second-order valence-corrected chi connectivity index (χ2v) is 5.69. The summed E-state index contributed by atoms with van der Waals surface area (Å²) < 4.78 is 6.43. The number of rotatable bonds is 4. The Kier molecular flexibility index (Phi) is 4.59. The first-order valence-electron chi connectivity index (χ1n) is 5.53. The summed E-state index contributed by atoms with van der Waals surface area (Å²) in [4.78, 5) is 21.3. The van der Waals surface area contributed by atoms with Gasteiger partial charge in [0, 0.05) is 10.5 Å². The molecule has 0 aliphatic rings. The molecule has 0 saturated carbocycles. The van der Waals surface area contributed by atoms with Gasteiger partial charge in [-0.15, -0.1) is 0 Å². The minimum absolute atomic E-state index is 0.0620. The molecule has 8 heteroatoms. The summed E-state index contributed by atoms with van der Waals surface area (Å²) in [5.74, 6) is -0.728. The zero-order chi connectivity index (χ0) is 15.6. The molecule has 2 aromatic rings. The zero-order valence-corrected chi connectivity index (χ0v) is 13.4. The first kappa shape index (κ1) is 15.5. The van der Waals surface area contributed by atoms with Crippen LogP contribution in [0, 0.1) is 10.1 Å². The van der Waals surface area contributed by atoms with Crippen molar-refractivity contribution in [3.8, 4) is 11.5 Å². The highest BCUT2D eigenvalue weighted by molar-refractivity contribution is 9.10. The van der Waals surface area contributed by atoms with Crippen molar-refractivity contribution < 1.29 is 19.6 Å². The lowest BCUT2D eigenvalue weighted by Crippen LogP contribution is -1.97. The Hall–Kier alpha value is -1.93. The number of halogens is 2. The van der Waals surface area contributed by atoms with Crippen molar-refractivity contribution in [1.82, 2.24) is 0 Å². The van der Waals surface area contributed by atoms with Gasteiger partial charge < -0.3 is 9.84 Å². The summed E-state index contributed by atoms with van der Waals surface area (Å²) in [6.07, 6.45) is 0. The van der Waals surface area contributed by atoms with Gasteiger partial charge >= 0.3 is 11.7 Å². The molecule has 1 N–H and O–H groups in total. The number of nitro benzene ring substituents is 1. The van der Waals surface area contributed by atoms with E-state index in [4.69, 9.17) is 9.84 Å². The molecule has 2 aromatic carbocycles. The monoisotopic (exact) mass is 415 g/mol. The molecular weight excluding hydrogens is 410 g/mol. The number of aromatic carboxylic acids is 1. The van der Waals surface area contributed by atoms with Gasteiger partial charge in [0.2, 0.25) is 5.75 Å². The number of hydrogen-bond donors (Lipinski definition) is 1. The van der Waals surface area contributed by atoms with Gasteiger partial charge in [-0.3, -0.25) is 10.1 Å². The molecule has 6 nitrogen and oxygen atoms in total. The molecule has 0 aliphatic carbocycles. The largest absolute Gasteiger partial charge is 0.478 e. The van der Waals surface area contributed by atoms with Crippen LogP contribution >= 0.6 is 31.9 Å². The zero-order valence-electron chi connectivity index (χ0n) is 10.2. The van der Waals surface area contributed by atoms with Crippen molar-refractivity contribution in [3.63, 3.8) is 0 Å². The maximum Gasteiger partial charge on any atom is 0.335 e. The number of carboxylic acid groups (broad SMARTS) is 1. The van der Waals surface area contributed by atoms with Crippen LogP contribution in [0.15, 0.2) is 45.3 Å². The number of nitrogens with zero attached hydrogens (tertiary/aromatic N) is 1. The van der Waals surface area contributed by atoms with Crippen LogP contribution in [0.5, 0.6) is 11.5 Å². The van der Waals surface area contributed by atoms with Gasteiger partial charge in [0.25, 0.3) is 0 Å². The van der Waals surface area contributed by atoms with Crippen molar-refractivity contribution in [2.75, 3.05) is 0 Å². The maximum atomic E-state index is 11.0. The maximum absolute atomic E-state index is 11.0. The van der Waals surface area contributed by atoms with Crippen LogP contribution in [0.3, 0.4) is 0 Å². The number of benzene rings is 2. The van der Waals surface area contributed by atoms with E-state index < -0.39 is 10.9 Å². The Morgan fingerprint density at radius 1 is 1.14 bits per heavy atom. The summed E-state index contributed by atoms with van der Waals surface area (Å²) in [5.41, 5.74) is -0.113. The van der Waals surface area contributed by atoms with Crippen LogP contribution in [0.25, 0.3) is 0 Å². The lowest BCUT2D eigenvalue weighted by molar-refractivity contribution is -0.385. The van der Waals surface area contributed by atoms with Crippen LogP contribution in [0.2, 0.25) is 0 Å². The van der Waals surface area contributed by atoms with Gasteiger partial charge in [-0.05, 0) is 46.3 Å². The van der Waals surface area contributed by atoms with Crippen molar-refractivity contribution in [1.29, 1.82) is 0 Å². The fourth-order valence-corrected chi connectivity index (χ4v) is 2.36. The molecule has 21 heavy (non-hydrogen) atoms. The second kappa shape index (κ2) is 6.23. The molecule has 0 aromatic heterocycles. The fourth-order valence-electron chi connectivity index (χ4n) is 1.55. The minimum atomic E-state index is -1.07. The van der Waals surface area contributed by atoms with Crippen LogP contribution in [-0.4, -0.2) is 16.0 Å². The summed E-state index contributed by atoms with van der Waals surface area (Å²) >= 11 is 6.34. The Balaban J connectivity index is 2.39. The topological polar surface area (TPSA) is 89.7 Å². The normalized spacial score (nSPS) is 10.2. The van der Waals surface area contributed by atoms with Crippen molar-refractivity contribution >= 4 is 43.5 Å². The second-order valence-electron chi connectivity index (χ2n) is 3.92. The molecule has 0 radical (unpaired) electrons. The van der Waals surface area contributed by atoms with E-state index in [-0.39, 0.29) is 22.7 Å². The number of hydrogen-bond acceptors (Lipinski definition) is 4. The highest BCUT2D eigenvalue weighted by Gasteiger charge is 2.17. The van der Waals surface area contributed by atoms with Crippen LogP contribution in [0.1, 0.15) is 10.4 Å². The van der Waals surface area contributed by atoms with E-state index in [0.29, 0.717) is 8.95 Å². The van der Waals surface area contributed by atoms with Crippen molar-refractivity contribution in [2.45, 2.75) is 0 Å². The number of ether oxygens (including phenoxy) is 1. The molecule has 2 rings (SSSR count). The Bertz CT molecular complexity index is 732. The molecule has 0 unspecified atom stereocenters. The fraction of sp³-hybridized carbons (Fsp3) is 0. The quantitative estimate of drug-likeness (QED) is 0.580. The van der Waals surface area contributed by atoms with E-state index in [0.717, 1.165) is 0 Å². The molecule has 0 amide bonds. The minimum Gasteiger partial charge on any atom is -0.478 e. The van der Waals surface area contributed by atoms with E-state index in [1.165, 1.54) is 30.3 Å². The van der Waals surface area contributed by atoms with E-state index in [1.807, 2.05) is 0 Å². The molecule has 0 atom stereocenters. The van der Waals surface area contributed by atoms with E-state index >= 15 is 0 Å². The summed E-state index contributed by atoms with van der Waals surface area (Å²) in [5, 5.41) is 19.9. The summed E-state index contributed by atoms with van der Waals surface area (Å²) in [6.45, 7) is 0. The highest BCUT2D eigenvalue weighted by atomic mass is 79.9. The molecule has 0 heterocycles. The molecule has 108 valence electrons. The lowest BCUT2D eigenvalue weighted by Gasteiger charge is -2.09. The van der Waals surface area contributed by atoms with Crippen LogP contribution in [-0.2, 0) is 0 Å². The molecule has 0 saturated heterocycles. The van der Waals surface area contributed by atoms with Gasteiger partial charge in [0.15, 0.2) is 0 Å². The average molecular weight is 417 g/mol. The number of nitro groups is 1. The van der Waals surface area contributed by atoms with E-state index in [2.05, 4.69) is 31.9 Å². The van der Waals surface area contributed by atoms with Gasteiger partial charge in [-0.25, -0.2) is 4.79 Å². The van der Waals surface area contributed by atoms with Crippen molar-refractivity contribution in [3.05, 3.63) is 61.0 Å². The SMILES string of the molecule is O=C(O)c1ccc(Oc2ccc(Br)cc2[N+](=O)[O-])c(Br)c1. The van der Waals surface area contributed by atoms with Crippen LogP contribution in [0.4, 0.5) is 5.69 Å². The number of carboxylic acids is 1. The molecular formula is C13H7Br2NO5. The van der Waals surface area contributed by atoms with Gasteiger partial charge in [0.05, 0.1) is 15.0 Å². The van der Waals surface area contributed by atoms with E-state index in [9.17, 15) is 14.9 Å². The van der Waals surface area contributed by atoms with Gasteiger partial charge in [-0.2, -0.15) is 0 Å². The highest BCUT2D eigenvalue weighted by Crippen LogP contribution is 2.36. The first-order valence-corrected chi connectivity index (χ1v) is 7.11. The van der Waals surface area contributed by atoms with Crippen LogP contribution < -0.4 is 4.74 Å². The standard InChI is InChI=1S/C13H7Br2NO5/c14-8-2-4-12(10(6-8)16(19)20)21-11-3-1-7(13(17)18)5-9(11)15/h1-6H,(H,17,18). The Morgan fingerprint density at radius 3 is 2.38 bits per heavy atom. The Morgan fingerprint density at radius 2 is 1.81 bits per heavy atom. The summed E-state index contributed by atoms with van der Waals surface area (Å²) in [6, 6.07) is 8.55. The summed E-state index contributed by atoms with van der Waals surface area (Å²) in [7, 11) is 0. The van der Waals surface area contributed by atoms with Gasteiger partial charge in [0.1, 0.15) is 5.75 Å². The average Bonchev–Trinajstić information content (AvgIpc) is 2.42. The first-order chi connectivity index (χ1) is 9.88. The Labute approximate surface area is 135 Å². The predicted octanol–water partition coefficient (Wildman–Crippen LogP) is 4.61. The number of carbonyl (C=O) groups is 1. The van der Waals surface area contributed by atoms with Gasteiger partial charge in [-0.1, -0.05) is 15.9 Å². The predicted molar refractivity (Wildman–Crippen MR) is 82.0 cm³/mol. The molecule has 0 bridgehead atoms. The molecule has 0 spiro atoms. The smallest absolute Gasteiger partial charge is 0.335 e. The lowest BCUT2D eigenvalue weighted by atomic mass is 10.2. The van der Waals surface area contributed by atoms with Crippen molar-refractivity contribution in [2.24, 2.45) is 0 Å². The molecule has 0 aliphatic heterocycles. The third-order valence-electron chi connectivity index (χ3n) is 2.52. The molecule has 0 fully saturated rings.